The largest absolute Gasteiger partial charge is 0.479 e. The molecule has 1 aromatic heterocycles. The highest BCUT2D eigenvalue weighted by atomic mass is 16.4. The lowest BCUT2D eigenvalue weighted by atomic mass is 9.90. The van der Waals surface area contributed by atoms with E-state index in [4.69, 9.17) is 0 Å². The van der Waals surface area contributed by atoms with Gasteiger partial charge in [-0.3, -0.25) is 9.59 Å². The van der Waals surface area contributed by atoms with Crippen molar-refractivity contribution in [1.29, 1.82) is 0 Å². The smallest absolute Gasteiger partial charge is 0.329 e. The first-order chi connectivity index (χ1) is 9.53. The second-order valence-electron chi connectivity index (χ2n) is 5.07. The van der Waals surface area contributed by atoms with Crippen LogP contribution >= 0.6 is 0 Å². The molecule has 2 N–H and O–H groups in total. The van der Waals surface area contributed by atoms with E-state index in [1.807, 2.05) is 6.92 Å². The van der Waals surface area contributed by atoms with Gasteiger partial charge in [-0.1, -0.05) is 13.3 Å². The summed E-state index contributed by atoms with van der Waals surface area (Å²) in [7, 11) is 0. The SMILES string of the molecule is CCCC1(C(=O)O)CCCN1C(=O)c1c[nH]ccc1=O. The molecule has 1 atom stereocenters. The van der Waals surface area contributed by atoms with E-state index < -0.39 is 22.8 Å². The van der Waals surface area contributed by atoms with Crippen molar-refractivity contribution < 1.29 is 14.7 Å². The predicted octanol–water partition coefficient (Wildman–Crippen LogP) is 1.23. The van der Waals surface area contributed by atoms with Crippen LogP contribution in [-0.4, -0.2) is 39.0 Å². The Bertz CT molecular complexity index is 581. The summed E-state index contributed by atoms with van der Waals surface area (Å²) in [6.07, 6.45) is 4.93. The maximum absolute atomic E-state index is 12.5. The Hall–Kier alpha value is -2.11. The van der Waals surface area contributed by atoms with Crippen molar-refractivity contribution in [1.82, 2.24) is 9.88 Å². The molecular formula is C14H18N2O4. The minimum Gasteiger partial charge on any atom is -0.479 e. The van der Waals surface area contributed by atoms with Gasteiger partial charge in [0.15, 0.2) is 5.43 Å². The van der Waals surface area contributed by atoms with Gasteiger partial charge in [0.2, 0.25) is 0 Å². The molecule has 108 valence electrons. The first kappa shape index (κ1) is 14.3. The topological polar surface area (TPSA) is 90.5 Å². The standard InChI is InChI=1S/C14H18N2O4/c1-2-5-14(13(19)20)6-3-8-16(14)12(18)10-9-15-7-4-11(10)17/h4,7,9H,2-3,5-6,8H2,1H3,(H,15,17)(H,19,20). The summed E-state index contributed by atoms with van der Waals surface area (Å²) >= 11 is 0. The third-order valence-electron chi connectivity index (χ3n) is 3.85. The van der Waals surface area contributed by atoms with E-state index in [0.717, 1.165) is 0 Å². The van der Waals surface area contributed by atoms with E-state index in [1.54, 1.807) is 0 Å². The van der Waals surface area contributed by atoms with Crippen LogP contribution in [0, 0.1) is 0 Å². The molecule has 1 aliphatic rings. The van der Waals surface area contributed by atoms with Crippen LogP contribution in [0.5, 0.6) is 0 Å². The van der Waals surface area contributed by atoms with Crippen LogP contribution in [-0.2, 0) is 4.79 Å². The lowest BCUT2D eigenvalue weighted by Gasteiger charge is -2.34. The lowest BCUT2D eigenvalue weighted by Crippen LogP contribution is -2.53. The van der Waals surface area contributed by atoms with Gasteiger partial charge in [0.25, 0.3) is 5.91 Å². The molecule has 0 spiro atoms. The zero-order valence-electron chi connectivity index (χ0n) is 11.4. The van der Waals surface area contributed by atoms with Gasteiger partial charge in [0.1, 0.15) is 11.1 Å². The molecule has 2 rings (SSSR count). The van der Waals surface area contributed by atoms with Crippen molar-refractivity contribution >= 4 is 11.9 Å². The third-order valence-corrected chi connectivity index (χ3v) is 3.85. The van der Waals surface area contributed by atoms with Gasteiger partial charge in [-0.05, 0) is 19.3 Å². The second kappa shape index (κ2) is 5.48. The van der Waals surface area contributed by atoms with Crippen LogP contribution in [0.3, 0.4) is 0 Å². The number of aliphatic carboxylic acids is 1. The molecule has 6 nitrogen and oxygen atoms in total. The quantitative estimate of drug-likeness (QED) is 0.866. The summed E-state index contributed by atoms with van der Waals surface area (Å²) in [4.78, 5) is 40.0. The Morgan fingerprint density at radius 3 is 2.85 bits per heavy atom. The average molecular weight is 278 g/mol. The van der Waals surface area contributed by atoms with E-state index in [1.165, 1.54) is 23.4 Å². The lowest BCUT2D eigenvalue weighted by molar-refractivity contribution is -0.148. The molecule has 6 heteroatoms. The Labute approximate surface area is 116 Å². The van der Waals surface area contributed by atoms with Crippen molar-refractivity contribution in [2.24, 2.45) is 0 Å². The highest BCUT2D eigenvalue weighted by molar-refractivity contribution is 5.98. The van der Waals surface area contributed by atoms with E-state index in [0.29, 0.717) is 32.2 Å². The number of nitrogens with zero attached hydrogens (tertiary/aromatic N) is 1. The first-order valence-electron chi connectivity index (χ1n) is 6.75. The summed E-state index contributed by atoms with van der Waals surface area (Å²) in [5.41, 5.74) is -1.57. The number of likely N-dealkylation sites (tertiary alicyclic amines) is 1. The molecule has 1 aliphatic heterocycles. The Morgan fingerprint density at radius 1 is 1.50 bits per heavy atom. The van der Waals surface area contributed by atoms with Gasteiger partial charge in [0, 0.05) is 25.0 Å². The zero-order chi connectivity index (χ0) is 14.8. The molecule has 1 amide bonds. The number of H-pyrrole nitrogens is 1. The first-order valence-corrected chi connectivity index (χ1v) is 6.75. The number of nitrogens with one attached hydrogen (secondary N) is 1. The number of carboxylic acids is 1. The number of carbonyl (C=O) groups excluding carboxylic acids is 1. The molecule has 0 aliphatic carbocycles. The van der Waals surface area contributed by atoms with Gasteiger partial charge < -0.3 is 15.0 Å². The summed E-state index contributed by atoms with van der Waals surface area (Å²) < 4.78 is 0. The van der Waals surface area contributed by atoms with E-state index >= 15 is 0 Å². The van der Waals surface area contributed by atoms with Crippen molar-refractivity contribution in [3.8, 4) is 0 Å². The molecule has 0 bridgehead atoms. The fraction of sp³-hybridized carbons (Fsp3) is 0.500. The number of pyridine rings is 1. The van der Waals surface area contributed by atoms with Gasteiger partial charge >= 0.3 is 5.97 Å². The van der Waals surface area contributed by atoms with E-state index in [-0.39, 0.29) is 5.56 Å². The molecule has 0 aromatic carbocycles. The van der Waals surface area contributed by atoms with Gasteiger partial charge in [-0.25, -0.2) is 4.79 Å². The molecule has 20 heavy (non-hydrogen) atoms. The highest BCUT2D eigenvalue weighted by Crippen LogP contribution is 2.34. The number of carbonyl (C=O) groups is 2. The van der Waals surface area contributed by atoms with Gasteiger partial charge in [-0.2, -0.15) is 0 Å². The molecule has 2 heterocycles. The molecular weight excluding hydrogens is 260 g/mol. The summed E-state index contributed by atoms with van der Waals surface area (Å²) in [6.45, 7) is 2.26. The highest BCUT2D eigenvalue weighted by Gasteiger charge is 2.49. The van der Waals surface area contributed by atoms with Crippen molar-refractivity contribution in [2.45, 2.75) is 38.1 Å². The fourth-order valence-electron chi connectivity index (χ4n) is 2.91. The Kier molecular flexibility index (Phi) is 3.92. The molecule has 1 saturated heterocycles. The summed E-state index contributed by atoms with van der Waals surface area (Å²) in [5, 5.41) is 9.55. The van der Waals surface area contributed by atoms with Crippen LogP contribution in [0.4, 0.5) is 0 Å². The zero-order valence-corrected chi connectivity index (χ0v) is 11.4. The number of hydrogen-bond donors (Lipinski definition) is 2. The predicted molar refractivity (Wildman–Crippen MR) is 72.6 cm³/mol. The molecule has 1 fully saturated rings. The van der Waals surface area contributed by atoms with Crippen LogP contribution in [0.1, 0.15) is 43.0 Å². The monoisotopic (exact) mass is 278 g/mol. The summed E-state index contributed by atoms with van der Waals surface area (Å²) in [5.74, 6) is -1.49. The molecule has 1 aromatic rings. The normalized spacial score (nSPS) is 21.9. The van der Waals surface area contributed by atoms with Gasteiger partial charge in [0.05, 0.1) is 0 Å². The number of aromatic nitrogens is 1. The van der Waals surface area contributed by atoms with Crippen LogP contribution in [0.15, 0.2) is 23.3 Å². The summed E-state index contributed by atoms with van der Waals surface area (Å²) in [6, 6.07) is 1.27. The minimum atomic E-state index is -1.17. The second-order valence-corrected chi connectivity index (χ2v) is 5.07. The van der Waals surface area contributed by atoms with Crippen LogP contribution in [0.25, 0.3) is 0 Å². The average Bonchev–Trinajstić information content (AvgIpc) is 2.84. The van der Waals surface area contributed by atoms with E-state index in [9.17, 15) is 19.5 Å². The number of aromatic amines is 1. The van der Waals surface area contributed by atoms with Crippen molar-refractivity contribution in [3.05, 3.63) is 34.2 Å². The maximum Gasteiger partial charge on any atom is 0.329 e. The number of hydrogen-bond acceptors (Lipinski definition) is 3. The molecule has 1 unspecified atom stereocenters. The minimum absolute atomic E-state index is 0.00359. The number of rotatable bonds is 4. The Balaban J connectivity index is 2.40. The van der Waals surface area contributed by atoms with Crippen LogP contribution < -0.4 is 5.43 Å². The van der Waals surface area contributed by atoms with Gasteiger partial charge in [-0.15, -0.1) is 0 Å². The molecule has 0 saturated carbocycles. The van der Waals surface area contributed by atoms with Crippen LogP contribution in [0.2, 0.25) is 0 Å². The number of carboxylic acid groups (broad SMARTS) is 1. The number of amides is 1. The molecule has 0 radical (unpaired) electrons. The Morgan fingerprint density at radius 2 is 2.25 bits per heavy atom. The van der Waals surface area contributed by atoms with E-state index in [2.05, 4.69) is 4.98 Å². The van der Waals surface area contributed by atoms with Crippen molar-refractivity contribution in [2.75, 3.05) is 6.54 Å². The maximum atomic E-state index is 12.5. The fourth-order valence-corrected chi connectivity index (χ4v) is 2.91. The third kappa shape index (κ3) is 2.21. The van der Waals surface area contributed by atoms with Crippen molar-refractivity contribution in [3.63, 3.8) is 0 Å².